The molecule has 154 valence electrons. The minimum atomic E-state index is -3.72. The molecule has 1 amide bonds. The van der Waals surface area contributed by atoms with E-state index in [4.69, 9.17) is 14.2 Å². The summed E-state index contributed by atoms with van der Waals surface area (Å²) in [6.07, 6.45) is -0.367. The normalized spacial score (nSPS) is 12.9. The maximum Gasteiger partial charge on any atom is 0.307 e. The number of aryl methyl sites for hydroxylation is 1. The topological polar surface area (TPSA) is 108 Å². The summed E-state index contributed by atoms with van der Waals surface area (Å²) >= 11 is 0. The van der Waals surface area contributed by atoms with Gasteiger partial charge in [-0.3, -0.25) is 9.59 Å². The maximum absolute atomic E-state index is 12.5. The van der Waals surface area contributed by atoms with Crippen molar-refractivity contribution in [2.75, 3.05) is 30.9 Å². The van der Waals surface area contributed by atoms with Crippen LogP contribution in [-0.4, -0.2) is 45.9 Å². The molecule has 1 aliphatic heterocycles. The van der Waals surface area contributed by atoms with Crippen LogP contribution < -0.4 is 14.8 Å². The summed E-state index contributed by atoms with van der Waals surface area (Å²) in [4.78, 5) is 23.8. The van der Waals surface area contributed by atoms with Crippen LogP contribution in [-0.2, 0) is 24.2 Å². The molecule has 0 bridgehead atoms. The molecular formula is C20H21NO7S. The number of nitrogens with one attached hydrogen (secondary N) is 1. The van der Waals surface area contributed by atoms with Crippen LogP contribution in [0, 0.1) is 6.92 Å². The van der Waals surface area contributed by atoms with Gasteiger partial charge in [0.2, 0.25) is 0 Å². The summed E-state index contributed by atoms with van der Waals surface area (Å²) < 4.78 is 40.5. The van der Waals surface area contributed by atoms with E-state index in [0.29, 0.717) is 30.4 Å². The van der Waals surface area contributed by atoms with E-state index in [1.807, 2.05) is 19.1 Å². The zero-order valence-electron chi connectivity index (χ0n) is 15.8. The summed E-state index contributed by atoms with van der Waals surface area (Å²) in [6, 6.07) is 11.5. The van der Waals surface area contributed by atoms with Gasteiger partial charge in [0, 0.05) is 11.8 Å². The number of fused-ring (bicyclic) bond motifs is 1. The zero-order valence-corrected chi connectivity index (χ0v) is 16.7. The van der Waals surface area contributed by atoms with Crippen LogP contribution in [0.15, 0.2) is 47.4 Å². The summed E-state index contributed by atoms with van der Waals surface area (Å²) in [5.41, 5.74) is 1.49. The lowest BCUT2D eigenvalue weighted by Crippen LogP contribution is -2.22. The van der Waals surface area contributed by atoms with Crippen molar-refractivity contribution in [1.29, 1.82) is 0 Å². The largest absolute Gasteiger partial charge is 0.486 e. The molecule has 1 aliphatic rings. The first kappa shape index (κ1) is 20.7. The minimum absolute atomic E-state index is 0.0341. The lowest BCUT2D eigenvalue weighted by Gasteiger charge is -2.18. The van der Waals surface area contributed by atoms with E-state index in [0.717, 1.165) is 5.56 Å². The number of carbonyl (C=O) groups is 2. The van der Waals surface area contributed by atoms with Crippen molar-refractivity contribution in [3.63, 3.8) is 0 Å². The Morgan fingerprint density at radius 3 is 2.55 bits per heavy atom. The Morgan fingerprint density at radius 2 is 1.79 bits per heavy atom. The minimum Gasteiger partial charge on any atom is -0.486 e. The first-order valence-corrected chi connectivity index (χ1v) is 10.6. The van der Waals surface area contributed by atoms with E-state index in [2.05, 4.69) is 5.32 Å². The van der Waals surface area contributed by atoms with Gasteiger partial charge in [-0.2, -0.15) is 0 Å². The molecule has 1 heterocycles. The lowest BCUT2D eigenvalue weighted by molar-refractivity contribution is -0.146. The second-order valence-electron chi connectivity index (χ2n) is 6.40. The molecule has 9 heteroatoms. The second kappa shape index (κ2) is 8.95. The number of ether oxygens (including phenoxy) is 3. The third-order valence-electron chi connectivity index (χ3n) is 4.23. The maximum atomic E-state index is 12.5. The molecule has 0 atom stereocenters. The lowest BCUT2D eigenvalue weighted by atomic mass is 10.2. The molecule has 0 aromatic heterocycles. The molecule has 0 radical (unpaired) electrons. The average molecular weight is 419 g/mol. The standard InChI is InChI=1S/C20H21NO7S/c1-14-4-2-3-5-16(14)21-19(22)13-28-20(23)8-11-29(24,25)15-6-7-17-18(12-15)27-10-9-26-17/h2-7,12H,8-11,13H2,1H3,(H,21,22). The van der Waals surface area contributed by atoms with Gasteiger partial charge in [0.05, 0.1) is 17.1 Å². The molecule has 2 aromatic carbocycles. The number of anilines is 1. The summed E-state index contributed by atoms with van der Waals surface area (Å²) in [6.45, 7) is 2.09. The summed E-state index contributed by atoms with van der Waals surface area (Å²) in [5.74, 6) is -0.874. The number of amides is 1. The number of hydrogen-bond donors (Lipinski definition) is 1. The summed E-state index contributed by atoms with van der Waals surface area (Å²) in [7, 11) is -3.72. The number of para-hydroxylation sites is 1. The van der Waals surface area contributed by atoms with Crippen molar-refractivity contribution in [1.82, 2.24) is 0 Å². The van der Waals surface area contributed by atoms with Crippen LogP contribution in [0.4, 0.5) is 5.69 Å². The molecule has 8 nitrogen and oxygen atoms in total. The predicted octanol–water partition coefficient (Wildman–Crippen LogP) is 2.11. The third-order valence-corrected chi connectivity index (χ3v) is 5.94. The fourth-order valence-electron chi connectivity index (χ4n) is 2.67. The fourth-order valence-corrected chi connectivity index (χ4v) is 3.90. The van der Waals surface area contributed by atoms with Crippen molar-refractivity contribution in [2.45, 2.75) is 18.2 Å². The van der Waals surface area contributed by atoms with E-state index in [-0.39, 0.29) is 11.3 Å². The Labute approximate surface area is 168 Å². The highest BCUT2D eigenvalue weighted by Crippen LogP contribution is 2.32. The van der Waals surface area contributed by atoms with Crippen molar-refractivity contribution in [3.8, 4) is 11.5 Å². The molecule has 0 unspecified atom stereocenters. The van der Waals surface area contributed by atoms with Gasteiger partial charge in [0.15, 0.2) is 27.9 Å². The Kier molecular flexibility index (Phi) is 6.38. The number of rotatable bonds is 7. The Bertz CT molecular complexity index is 1020. The van der Waals surface area contributed by atoms with E-state index < -0.39 is 34.1 Å². The highest BCUT2D eigenvalue weighted by molar-refractivity contribution is 7.91. The van der Waals surface area contributed by atoms with Crippen LogP contribution in [0.1, 0.15) is 12.0 Å². The first-order valence-electron chi connectivity index (χ1n) is 8.99. The van der Waals surface area contributed by atoms with Gasteiger partial charge >= 0.3 is 5.97 Å². The Morgan fingerprint density at radius 1 is 1.07 bits per heavy atom. The molecule has 0 spiro atoms. The van der Waals surface area contributed by atoms with Crippen molar-refractivity contribution < 1.29 is 32.2 Å². The predicted molar refractivity (Wildman–Crippen MR) is 105 cm³/mol. The number of carbonyl (C=O) groups excluding carboxylic acids is 2. The third kappa shape index (κ3) is 5.47. The second-order valence-corrected chi connectivity index (χ2v) is 8.51. The monoisotopic (exact) mass is 419 g/mol. The van der Waals surface area contributed by atoms with Crippen LogP contribution >= 0.6 is 0 Å². The fraction of sp³-hybridized carbons (Fsp3) is 0.300. The van der Waals surface area contributed by atoms with Crippen LogP contribution in [0.3, 0.4) is 0 Å². The molecule has 1 N–H and O–H groups in total. The van der Waals surface area contributed by atoms with Gasteiger partial charge in [-0.25, -0.2) is 8.42 Å². The highest BCUT2D eigenvalue weighted by atomic mass is 32.2. The first-order chi connectivity index (χ1) is 13.8. The van der Waals surface area contributed by atoms with E-state index >= 15 is 0 Å². The quantitative estimate of drug-likeness (QED) is 0.685. The van der Waals surface area contributed by atoms with Gasteiger partial charge in [0.1, 0.15) is 13.2 Å². The Balaban J connectivity index is 1.49. The van der Waals surface area contributed by atoms with E-state index in [1.165, 1.54) is 18.2 Å². The molecule has 3 rings (SSSR count). The SMILES string of the molecule is Cc1ccccc1NC(=O)COC(=O)CCS(=O)(=O)c1ccc2c(c1)OCCO2. The number of sulfone groups is 1. The molecule has 0 fully saturated rings. The molecule has 0 saturated carbocycles. The van der Waals surface area contributed by atoms with Crippen molar-refractivity contribution in [3.05, 3.63) is 48.0 Å². The molecule has 0 aliphatic carbocycles. The number of hydrogen-bond acceptors (Lipinski definition) is 7. The van der Waals surface area contributed by atoms with Gasteiger partial charge < -0.3 is 19.5 Å². The van der Waals surface area contributed by atoms with E-state index in [1.54, 1.807) is 12.1 Å². The van der Waals surface area contributed by atoms with Crippen molar-refractivity contribution >= 4 is 27.4 Å². The highest BCUT2D eigenvalue weighted by Gasteiger charge is 2.21. The van der Waals surface area contributed by atoms with Crippen LogP contribution in [0.25, 0.3) is 0 Å². The van der Waals surface area contributed by atoms with Gasteiger partial charge in [0.25, 0.3) is 5.91 Å². The smallest absolute Gasteiger partial charge is 0.307 e. The average Bonchev–Trinajstić information content (AvgIpc) is 2.72. The molecule has 0 saturated heterocycles. The van der Waals surface area contributed by atoms with Crippen LogP contribution in [0.2, 0.25) is 0 Å². The molecule has 29 heavy (non-hydrogen) atoms. The molecule has 2 aromatic rings. The molecular weight excluding hydrogens is 398 g/mol. The van der Waals surface area contributed by atoms with Gasteiger partial charge in [-0.1, -0.05) is 18.2 Å². The van der Waals surface area contributed by atoms with Gasteiger partial charge in [-0.15, -0.1) is 0 Å². The van der Waals surface area contributed by atoms with E-state index in [9.17, 15) is 18.0 Å². The number of esters is 1. The van der Waals surface area contributed by atoms with Crippen LogP contribution in [0.5, 0.6) is 11.5 Å². The summed E-state index contributed by atoms with van der Waals surface area (Å²) in [5, 5.41) is 2.63. The number of benzene rings is 2. The zero-order chi connectivity index (χ0) is 20.9. The Hall–Kier alpha value is -3.07. The van der Waals surface area contributed by atoms with Crippen molar-refractivity contribution in [2.24, 2.45) is 0 Å². The van der Waals surface area contributed by atoms with Gasteiger partial charge in [-0.05, 0) is 30.7 Å².